The third-order valence-corrected chi connectivity index (χ3v) is 3.78. The summed E-state index contributed by atoms with van der Waals surface area (Å²) in [6, 6.07) is 3.68. The molecule has 2 aromatic rings. The molecule has 1 heterocycles. The van der Waals surface area contributed by atoms with Gasteiger partial charge in [0.2, 0.25) is 0 Å². The van der Waals surface area contributed by atoms with E-state index in [1.807, 2.05) is 0 Å². The molecule has 126 valence electrons. The molecule has 1 aromatic carbocycles. The van der Waals surface area contributed by atoms with Crippen LogP contribution < -0.4 is 4.74 Å². The van der Waals surface area contributed by atoms with Crippen LogP contribution in [0.2, 0.25) is 0 Å². The van der Waals surface area contributed by atoms with E-state index in [1.54, 1.807) is 0 Å². The van der Waals surface area contributed by atoms with Gasteiger partial charge in [-0.15, -0.1) is 0 Å². The van der Waals surface area contributed by atoms with E-state index in [4.69, 9.17) is 12.6 Å². The number of pyridine rings is 1. The number of aromatic nitrogens is 1. The summed E-state index contributed by atoms with van der Waals surface area (Å²) in [5, 5.41) is 19.0. The molecule has 0 aliphatic heterocycles. The van der Waals surface area contributed by atoms with Gasteiger partial charge in [-0.1, -0.05) is 0 Å². The molecule has 0 spiro atoms. The van der Waals surface area contributed by atoms with E-state index < -0.39 is 45.6 Å². The molecule has 0 amide bonds. The predicted octanol–water partition coefficient (Wildman–Crippen LogP) is 2.94. The number of ether oxygens (including phenoxy) is 1. The van der Waals surface area contributed by atoms with Crippen LogP contribution in [0, 0.1) is 17.1 Å². The molecular weight excluding hydrogens is 346 g/mol. The maximum atomic E-state index is 13.9. The van der Waals surface area contributed by atoms with Gasteiger partial charge >= 0.3 is 11.8 Å². The third kappa shape index (κ3) is 2.19. The van der Waals surface area contributed by atoms with Crippen LogP contribution in [0.4, 0.5) is 22.0 Å². The topological polar surface area (TPSA) is 66.1 Å². The van der Waals surface area contributed by atoms with Gasteiger partial charge in [0.15, 0.2) is 0 Å². The highest BCUT2D eigenvalue weighted by molar-refractivity contribution is 6.16. The number of aliphatic hydroxyl groups is 1. The van der Waals surface area contributed by atoms with Crippen LogP contribution in [0.25, 0.3) is 0 Å². The van der Waals surface area contributed by atoms with Crippen LogP contribution in [0.15, 0.2) is 30.6 Å². The molecule has 1 aliphatic rings. The third-order valence-electron chi connectivity index (χ3n) is 3.78. The van der Waals surface area contributed by atoms with E-state index in [2.05, 4.69) is 4.98 Å². The van der Waals surface area contributed by atoms with Crippen LogP contribution in [-0.4, -0.2) is 23.9 Å². The number of nitrogens with zero attached hydrogens (tertiary/aromatic N) is 2. The van der Waals surface area contributed by atoms with Gasteiger partial charge in [-0.25, -0.2) is 4.39 Å². The standard InChI is InChI=1S/C15H6BF5N2O2/c16-13(24)12-9(4-22)11(25-8-3-7(17)5-23-6-8)2-1-10(12)14(18,19)15(13,20)21/h1-3,5-6,24H. The van der Waals surface area contributed by atoms with Gasteiger partial charge in [-0.05, 0) is 12.1 Å². The van der Waals surface area contributed by atoms with Crippen molar-refractivity contribution in [2.75, 3.05) is 0 Å². The van der Waals surface area contributed by atoms with E-state index >= 15 is 0 Å². The first-order valence-corrected chi connectivity index (χ1v) is 6.67. The Morgan fingerprint density at radius 3 is 2.48 bits per heavy atom. The van der Waals surface area contributed by atoms with E-state index in [-0.39, 0.29) is 5.75 Å². The van der Waals surface area contributed by atoms with Crippen LogP contribution in [0.1, 0.15) is 16.7 Å². The summed E-state index contributed by atoms with van der Waals surface area (Å²) < 4.78 is 73.9. The smallest absolute Gasteiger partial charge is 0.338 e. The minimum atomic E-state index is -5.05. The van der Waals surface area contributed by atoms with Crippen LogP contribution >= 0.6 is 0 Å². The zero-order valence-electron chi connectivity index (χ0n) is 12.1. The second-order valence-electron chi connectivity index (χ2n) is 5.33. The molecule has 2 radical (unpaired) electrons. The lowest BCUT2D eigenvalue weighted by molar-refractivity contribution is -0.260. The minimum Gasteiger partial charge on any atom is -0.454 e. The Labute approximate surface area is 138 Å². The summed E-state index contributed by atoms with van der Waals surface area (Å²) in [5.41, 5.74) is -7.05. The summed E-state index contributed by atoms with van der Waals surface area (Å²) in [6.07, 6.45) is 1.91. The highest BCUT2D eigenvalue weighted by atomic mass is 19.3. The Balaban J connectivity index is 2.20. The highest BCUT2D eigenvalue weighted by Crippen LogP contribution is 2.60. The predicted molar refractivity (Wildman–Crippen MR) is 73.9 cm³/mol. The van der Waals surface area contributed by atoms with Gasteiger partial charge in [0.25, 0.3) is 0 Å². The lowest BCUT2D eigenvalue weighted by atomic mass is 9.73. The van der Waals surface area contributed by atoms with Crippen LogP contribution in [-0.2, 0) is 11.4 Å². The fraction of sp³-hybridized carbons (Fsp3) is 0.200. The van der Waals surface area contributed by atoms with Crippen molar-refractivity contribution >= 4 is 7.85 Å². The molecule has 1 N–H and O–H groups in total. The number of fused-ring (bicyclic) bond motifs is 1. The second-order valence-corrected chi connectivity index (χ2v) is 5.33. The largest absolute Gasteiger partial charge is 0.454 e. The van der Waals surface area contributed by atoms with Gasteiger partial charge in [0.1, 0.15) is 42.3 Å². The zero-order chi connectivity index (χ0) is 18.6. The molecule has 1 atom stereocenters. The van der Waals surface area contributed by atoms with Crippen LogP contribution in [0.3, 0.4) is 0 Å². The maximum absolute atomic E-state index is 13.9. The van der Waals surface area contributed by atoms with E-state index in [0.717, 1.165) is 24.5 Å². The Hall–Kier alpha value is -2.67. The van der Waals surface area contributed by atoms with Gasteiger partial charge in [-0.2, -0.15) is 22.8 Å². The first-order chi connectivity index (χ1) is 11.5. The summed E-state index contributed by atoms with van der Waals surface area (Å²) in [6.45, 7) is 0. The fourth-order valence-electron chi connectivity index (χ4n) is 2.58. The molecule has 3 rings (SSSR count). The Morgan fingerprint density at radius 2 is 1.88 bits per heavy atom. The summed E-state index contributed by atoms with van der Waals surface area (Å²) in [7, 11) is 5.05. The number of benzene rings is 1. The van der Waals surface area contributed by atoms with Gasteiger partial charge in [0.05, 0.1) is 12.4 Å². The van der Waals surface area contributed by atoms with Crippen molar-refractivity contribution in [2.45, 2.75) is 17.3 Å². The number of hydrogen-bond acceptors (Lipinski definition) is 4. The molecule has 4 nitrogen and oxygen atoms in total. The Kier molecular flexibility index (Phi) is 3.55. The molecule has 10 heteroatoms. The second kappa shape index (κ2) is 5.16. The highest BCUT2D eigenvalue weighted by Gasteiger charge is 2.74. The zero-order valence-corrected chi connectivity index (χ0v) is 12.1. The number of rotatable bonds is 2. The molecule has 0 fully saturated rings. The van der Waals surface area contributed by atoms with Crippen molar-refractivity contribution in [1.29, 1.82) is 5.26 Å². The normalized spacial score (nSPS) is 22.9. The molecule has 1 aromatic heterocycles. The SMILES string of the molecule is [B]C1(O)c2c(ccc(Oc3cncc(F)c3)c2C#N)C(F)(F)C1(F)F. The van der Waals surface area contributed by atoms with Crippen molar-refractivity contribution in [2.24, 2.45) is 0 Å². The summed E-state index contributed by atoms with van der Waals surface area (Å²) in [4.78, 5) is 3.49. The summed E-state index contributed by atoms with van der Waals surface area (Å²) >= 11 is 0. The van der Waals surface area contributed by atoms with E-state index in [1.165, 1.54) is 6.07 Å². The molecule has 1 aliphatic carbocycles. The molecule has 0 saturated heterocycles. The Bertz CT molecular complexity index is 911. The van der Waals surface area contributed by atoms with Gasteiger partial charge in [-0.3, -0.25) is 4.98 Å². The van der Waals surface area contributed by atoms with Gasteiger partial charge in [0, 0.05) is 17.2 Å². The molecular formula is C15H6BF5N2O2. The van der Waals surface area contributed by atoms with Crippen molar-refractivity contribution < 1.29 is 31.8 Å². The maximum Gasteiger partial charge on any atom is 0.338 e. The van der Waals surface area contributed by atoms with Crippen molar-refractivity contribution in [1.82, 2.24) is 4.98 Å². The average Bonchev–Trinajstić information content (AvgIpc) is 2.63. The van der Waals surface area contributed by atoms with Gasteiger partial charge < -0.3 is 9.84 Å². The lowest BCUT2D eigenvalue weighted by Crippen LogP contribution is -2.49. The first-order valence-electron chi connectivity index (χ1n) is 6.67. The minimum absolute atomic E-state index is 0.214. The first kappa shape index (κ1) is 17.2. The Morgan fingerprint density at radius 1 is 1.20 bits per heavy atom. The quantitative estimate of drug-likeness (QED) is 0.667. The van der Waals surface area contributed by atoms with E-state index in [0.29, 0.717) is 6.07 Å². The monoisotopic (exact) mass is 352 g/mol. The number of hydrogen-bond donors (Lipinski definition) is 1. The molecule has 0 saturated carbocycles. The fourth-order valence-corrected chi connectivity index (χ4v) is 2.58. The molecule has 0 bridgehead atoms. The number of halogens is 5. The number of nitriles is 1. The van der Waals surface area contributed by atoms with Crippen molar-refractivity contribution in [3.63, 3.8) is 0 Å². The summed E-state index contributed by atoms with van der Waals surface area (Å²) in [5.74, 6) is -11.3. The number of alkyl halides is 4. The molecule has 1 unspecified atom stereocenters. The van der Waals surface area contributed by atoms with Crippen molar-refractivity contribution in [3.8, 4) is 17.6 Å². The van der Waals surface area contributed by atoms with Crippen molar-refractivity contribution in [3.05, 3.63) is 53.1 Å². The average molecular weight is 352 g/mol. The van der Waals surface area contributed by atoms with Crippen LogP contribution in [0.5, 0.6) is 11.5 Å². The lowest BCUT2D eigenvalue weighted by Gasteiger charge is -2.29. The van der Waals surface area contributed by atoms with E-state index in [9.17, 15) is 32.3 Å². The molecule has 25 heavy (non-hydrogen) atoms.